The second-order valence-corrected chi connectivity index (χ2v) is 4.59. The van der Waals surface area contributed by atoms with E-state index >= 15 is 0 Å². The molecule has 0 bridgehead atoms. The first kappa shape index (κ1) is 16.7. The number of nitrogens with zero attached hydrogens (tertiary/aromatic N) is 1. The van der Waals surface area contributed by atoms with Crippen LogP contribution in [0.3, 0.4) is 0 Å². The van der Waals surface area contributed by atoms with Gasteiger partial charge in [-0.1, -0.05) is 13.8 Å². The summed E-state index contributed by atoms with van der Waals surface area (Å²) in [6, 6.07) is -0.327. The molecule has 106 valence electrons. The lowest BCUT2D eigenvalue weighted by atomic mass is 9.88. The lowest BCUT2D eigenvalue weighted by Crippen LogP contribution is -2.47. The van der Waals surface area contributed by atoms with Crippen molar-refractivity contribution in [2.24, 2.45) is 5.41 Å². The Hall–Kier alpha value is -1.30. The number of amides is 2. The van der Waals surface area contributed by atoms with E-state index in [2.05, 4.69) is 5.32 Å². The Labute approximate surface area is 108 Å². The van der Waals surface area contributed by atoms with Crippen molar-refractivity contribution in [1.82, 2.24) is 10.2 Å². The van der Waals surface area contributed by atoms with Crippen molar-refractivity contribution in [2.45, 2.75) is 33.6 Å². The molecule has 18 heavy (non-hydrogen) atoms. The molecule has 1 unspecified atom stereocenters. The third-order valence-electron chi connectivity index (χ3n) is 3.08. The summed E-state index contributed by atoms with van der Waals surface area (Å²) < 4.78 is 0. The van der Waals surface area contributed by atoms with Gasteiger partial charge in [0.2, 0.25) is 0 Å². The lowest BCUT2D eigenvalue weighted by Gasteiger charge is -2.27. The first-order chi connectivity index (χ1) is 8.41. The monoisotopic (exact) mass is 260 g/mol. The highest BCUT2D eigenvalue weighted by Crippen LogP contribution is 2.19. The highest BCUT2D eigenvalue weighted by molar-refractivity contribution is 5.77. The van der Waals surface area contributed by atoms with E-state index < -0.39 is 11.4 Å². The van der Waals surface area contributed by atoms with E-state index in [0.717, 1.165) is 6.42 Å². The summed E-state index contributed by atoms with van der Waals surface area (Å²) in [5, 5.41) is 20.6. The van der Waals surface area contributed by atoms with Gasteiger partial charge in [0.05, 0.1) is 12.0 Å². The van der Waals surface area contributed by atoms with Crippen LogP contribution in [0.5, 0.6) is 0 Å². The summed E-state index contributed by atoms with van der Waals surface area (Å²) in [6.45, 7) is 6.10. The number of carboxylic acids is 1. The van der Waals surface area contributed by atoms with Crippen LogP contribution in [0.25, 0.3) is 0 Å². The molecule has 1 atom stereocenters. The molecule has 0 aromatic rings. The molecule has 0 aliphatic heterocycles. The first-order valence-corrected chi connectivity index (χ1v) is 6.28. The summed E-state index contributed by atoms with van der Waals surface area (Å²) in [4.78, 5) is 24.4. The number of hydrogen-bond donors (Lipinski definition) is 3. The van der Waals surface area contributed by atoms with Crippen LogP contribution in [0.15, 0.2) is 0 Å². The molecule has 3 N–H and O–H groups in total. The van der Waals surface area contributed by atoms with Gasteiger partial charge < -0.3 is 20.4 Å². The number of carboxylic acid groups (broad SMARTS) is 1. The molecule has 0 aromatic carbocycles. The molecule has 0 saturated heterocycles. The third kappa shape index (κ3) is 4.91. The zero-order valence-electron chi connectivity index (χ0n) is 11.4. The Morgan fingerprint density at radius 1 is 1.28 bits per heavy atom. The quantitative estimate of drug-likeness (QED) is 0.605. The first-order valence-electron chi connectivity index (χ1n) is 6.28. The number of carbonyl (C=O) groups excluding carboxylic acids is 1. The van der Waals surface area contributed by atoms with Gasteiger partial charge in [0, 0.05) is 19.6 Å². The molecule has 6 heteroatoms. The number of urea groups is 1. The van der Waals surface area contributed by atoms with E-state index in [1.807, 2.05) is 6.92 Å². The maximum absolute atomic E-state index is 11.8. The van der Waals surface area contributed by atoms with Gasteiger partial charge in [-0.3, -0.25) is 4.79 Å². The molecular weight excluding hydrogens is 236 g/mol. The van der Waals surface area contributed by atoms with Crippen molar-refractivity contribution >= 4 is 12.0 Å². The van der Waals surface area contributed by atoms with Gasteiger partial charge >= 0.3 is 12.0 Å². The molecule has 6 nitrogen and oxygen atoms in total. The highest BCUT2D eigenvalue weighted by atomic mass is 16.4. The molecule has 2 amide bonds. The van der Waals surface area contributed by atoms with E-state index in [-0.39, 0.29) is 25.7 Å². The Balaban J connectivity index is 4.41. The van der Waals surface area contributed by atoms with Crippen LogP contribution < -0.4 is 5.32 Å². The summed E-state index contributed by atoms with van der Waals surface area (Å²) in [7, 11) is 0. The minimum absolute atomic E-state index is 0.0866. The second kappa shape index (κ2) is 7.92. The fourth-order valence-electron chi connectivity index (χ4n) is 1.44. The highest BCUT2D eigenvalue weighted by Gasteiger charge is 2.31. The molecule has 0 saturated carbocycles. The number of aliphatic hydroxyl groups excluding tert-OH is 1. The van der Waals surface area contributed by atoms with Crippen LogP contribution in [0.4, 0.5) is 4.79 Å². The predicted molar refractivity (Wildman–Crippen MR) is 68.4 cm³/mol. The normalized spacial score (nSPS) is 13.8. The number of hydrogen-bond acceptors (Lipinski definition) is 3. The van der Waals surface area contributed by atoms with Crippen molar-refractivity contribution in [3.8, 4) is 0 Å². The minimum Gasteiger partial charge on any atom is -0.481 e. The van der Waals surface area contributed by atoms with Crippen LogP contribution in [-0.2, 0) is 4.79 Å². The number of nitrogens with one attached hydrogen (secondary N) is 1. The van der Waals surface area contributed by atoms with Crippen molar-refractivity contribution < 1.29 is 19.8 Å². The van der Waals surface area contributed by atoms with Crippen molar-refractivity contribution in [3.05, 3.63) is 0 Å². The summed E-state index contributed by atoms with van der Waals surface area (Å²) in [6.07, 6.45) is 1.23. The molecule has 0 rings (SSSR count). The largest absolute Gasteiger partial charge is 0.481 e. The fourth-order valence-corrected chi connectivity index (χ4v) is 1.44. The number of carbonyl (C=O) groups is 2. The molecule has 0 spiro atoms. The molecule has 0 heterocycles. The average Bonchev–Trinajstić information content (AvgIpc) is 2.35. The maximum Gasteiger partial charge on any atom is 0.317 e. The number of aliphatic hydroxyl groups is 1. The van der Waals surface area contributed by atoms with Gasteiger partial charge in [0.25, 0.3) is 0 Å². The van der Waals surface area contributed by atoms with Gasteiger partial charge in [-0.2, -0.15) is 0 Å². The van der Waals surface area contributed by atoms with Crippen molar-refractivity contribution in [3.63, 3.8) is 0 Å². The second-order valence-electron chi connectivity index (χ2n) is 4.59. The number of rotatable bonds is 8. The Bertz CT molecular complexity index is 277. The third-order valence-corrected chi connectivity index (χ3v) is 3.08. The van der Waals surface area contributed by atoms with Crippen LogP contribution in [0, 0.1) is 5.41 Å². The van der Waals surface area contributed by atoms with Gasteiger partial charge in [-0.05, 0) is 19.8 Å². The van der Waals surface area contributed by atoms with Crippen LogP contribution in [-0.4, -0.2) is 53.4 Å². The molecule has 0 aromatic heterocycles. The standard InChI is InChI=1S/C12H24N2O4/c1-4-6-14(7-8-15)11(18)13-9-12(3,5-2)10(16)17/h15H,4-9H2,1-3H3,(H,13,18)(H,16,17). The van der Waals surface area contributed by atoms with Gasteiger partial charge in [0.1, 0.15) is 0 Å². The van der Waals surface area contributed by atoms with Crippen LogP contribution in [0.1, 0.15) is 33.6 Å². The van der Waals surface area contributed by atoms with Gasteiger partial charge in [-0.25, -0.2) is 4.79 Å². The smallest absolute Gasteiger partial charge is 0.317 e. The Morgan fingerprint density at radius 2 is 1.89 bits per heavy atom. The van der Waals surface area contributed by atoms with Gasteiger partial charge in [0.15, 0.2) is 0 Å². The van der Waals surface area contributed by atoms with Crippen molar-refractivity contribution in [2.75, 3.05) is 26.2 Å². The average molecular weight is 260 g/mol. The molecule has 0 aliphatic carbocycles. The zero-order valence-corrected chi connectivity index (χ0v) is 11.4. The van der Waals surface area contributed by atoms with Crippen molar-refractivity contribution in [1.29, 1.82) is 0 Å². The Morgan fingerprint density at radius 3 is 2.28 bits per heavy atom. The summed E-state index contributed by atoms with van der Waals surface area (Å²) >= 11 is 0. The van der Waals surface area contributed by atoms with Gasteiger partial charge in [-0.15, -0.1) is 0 Å². The minimum atomic E-state index is -0.952. The molecule has 0 fully saturated rings. The summed E-state index contributed by atoms with van der Waals surface area (Å²) in [5.41, 5.74) is -0.952. The topological polar surface area (TPSA) is 89.9 Å². The van der Waals surface area contributed by atoms with E-state index in [1.54, 1.807) is 13.8 Å². The summed E-state index contributed by atoms with van der Waals surface area (Å²) in [5.74, 6) is -0.922. The fraction of sp³-hybridized carbons (Fsp3) is 0.833. The lowest BCUT2D eigenvalue weighted by molar-refractivity contribution is -0.147. The van der Waals surface area contributed by atoms with E-state index in [1.165, 1.54) is 4.90 Å². The van der Waals surface area contributed by atoms with E-state index in [4.69, 9.17) is 10.2 Å². The molecular formula is C12H24N2O4. The van der Waals surface area contributed by atoms with Crippen LogP contribution in [0.2, 0.25) is 0 Å². The molecule has 0 radical (unpaired) electrons. The molecule has 0 aliphatic rings. The van der Waals surface area contributed by atoms with Crippen LogP contribution >= 0.6 is 0 Å². The maximum atomic E-state index is 11.8. The SMILES string of the molecule is CCCN(CCO)C(=O)NCC(C)(CC)C(=O)O. The zero-order chi connectivity index (χ0) is 14.2. The number of aliphatic carboxylic acids is 1. The predicted octanol–water partition coefficient (Wildman–Crippen LogP) is 0.901. The van der Waals surface area contributed by atoms with E-state index in [9.17, 15) is 9.59 Å². The Kier molecular flexibility index (Phi) is 7.35. The van der Waals surface area contributed by atoms with E-state index in [0.29, 0.717) is 13.0 Å².